The van der Waals surface area contributed by atoms with Crippen LogP contribution in [0.2, 0.25) is 0 Å². The highest BCUT2D eigenvalue weighted by atomic mass is 16.2. The first-order valence-corrected chi connectivity index (χ1v) is 2.71. The van der Waals surface area contributed by atoms with Gasteiger partial charge in [0.05, 0.1) is 6.26 Å². The number of unbranched alkanes of at least 4 members (excludes halogenated alkanes) is 2. The van der Waals surface area contributed by atoms with Crippen molar-refractivity contribution in [3.05, 3.63) is 19.8 Å². The van der Waals surface area contributed by atoms with E-state index in [2.05, 4.69) is 6.92 Å². The quantitative estimate of drug-likeness (QED) is 0.439. The van der Waals surface area contributed by atoms with Gasteiger partial charge in [0.15, 0.2) is 0 Å². The summed E-state index contributed by atoms with van der Waals surface area (Å²) in [5.41, 5.74) is 0. The molecule has 0 spiro atoms. The van der Waals surface area contributed by atoms with E-state index in [1.807, 2.05) is 0 Å². The molecule has 0 aliphatic heterocycles. The normalized spacial score (nSPS) is 9.12. The molecule has 1 heteroatoms. The summed E-state index contributed by atoms with van der Waals surface area (Å²) in [6, 6.07) is 0. The van der Waals surface area contributed by atoms with Gasteiger partial charge in [0.1, 0.15) is 0 Å². The molecule has 1 N–H and O–H groups in total. The van der Waals surface area contributed by atoms with Crippen LogP contribution in [0.25, 0.3) is 0 Å². The molecule has 0 aromatic carbocycles. The zero-order valence-electron chi connectivity index (χ0n) is 5.22. The predicted octanol–water partition coefficient (Wildman–Crippen LogP) is 2.33. The molecule has 0 fully saturated rings. The van der Waals surface area contributed by atoms with Crippen LogP contribution in [-0.2, 0) is 0 Å². The maximum absolute atomic E-state index is 8.11. The van der Waals surface area contributed by atoms with Gasteiger partial charge in [-0.3, -0.25) is 0 Å². The molecule has 0 aliphatic rings. The van der Waals surface area contributed by atoms with E-state index < -0.39 is 0 Å². The molecule has 8 heavy (non-hydrogen) atoms. The summed E-state index contributed by atoms with van der Waals surface area (Å²) in [6.07, 6.45) is 6.26. The molecule has 0 saturated carbocycles. The van der Waals surface area contributed by atoms with E-state index in [1.165, 1.54) is 12.8 Å². The number of rotatable bonds is 3. The van der Waals surface area contributed by atoms with Crippen molar-refractivity contribution < 1.29 is 5.11 Å². The lowest BCUT2D eigenvalue weighted by molar-refractivity contribution is 0.470. The lowest BCUT2D eigenvalue weighted by Gasteiger charge is -1.83. The average molecular weight is 112 g/mol. The highest BCUT2D eigenvalue weighted by Gasteiger charge is 1.73. The minimum atomic E-state index is 0. The number of allylic oxidation sites excluding steroid dienone is 1. The molecule has 0 aliphatic carbocycles. The molecule has 0 amide bonds. The van der Waals surface area contributed by atoms with Crippen LogP contribution < -0.4 is 0 Å². The Morgan fingerprint density at radius 1 is 1.50 bits per heavy atom. The molecular formula is C7H12O. The van der Waals surface area contributed by atoms with Crippen molar-refractivity contribution in [1.29, 1.82) is 0 Å². The lowest BCUT2D eigenvalue weighted by atomic mass is 10.2. The molecule has 0 saturated heterocycles. The van der Waals surface area contributed by atoms with Crippen molar-refractivity contribution >= 4 is 0 Å². The highest BCUT2D eigenvalue weighted by molar-refractivity contribution is 4.69. The Morgan fingerprint density at radius 2 is 2.12 bits per heavy atom. The van der Waals surface area contributed by atoms with E-state index in [4.69, 9.17) is 5.11 Å². The lowest BCUT2D eigenvalue weighted by Crippen LogP contribution is -1.64. The molecule has 1 nitrogen and oxygen atoms in total. The zero-order valence-corrected chi connectivity index (χ0v) is 5.22. The molecule has 0 rings (SSSR count). The Bertz CT molecular complexity index is 48.3. The minimum absolute atomic E-state index is 0. The summed E-state index contributed by atoms with van der Waals surface area (Å²) in [7, 11) is 0. The standard InChI is InChI=1S/C6H12O.C/c1-2-3-4-5-6-7;/h5-7H,2-4H2,1H3;. The van der Waals surface area contributed by atoms with E-state index in [9.17, 15) is 0 Å². The van der Waals surface area contributed by atoms with Crippen LogP contribution in [0.1, 0.15) is 26.2 Å². The van der Waals surface area contributed by atoms with Gasteiger partial charge in [0.25, 0.3) is 0 Å². The first kappa shape index (κ1) is 10.5. The monoisotopic (exact) mass is 112 g/mol. The number of hydrogen-bond donors (Lipinski definition) is 1. The summed E-state index contributed by atoms with van der Waals surface area (Å²) < 4.78 is 0. The molecule has 0 bridgehead atoms. The van der Waals surface area contributed by atoms with Gasteiger partial charge >= 0.3 is 0 Å². The van der Waals surface area contributed by atoms with E-state index in [0.717, 1.165) is 12.7 Å². The van der Waals surface area contributed by atoms with Crippen LogP contribution in [0.4, 0.5) is 0 Å². The largest absolute Gasteiger partial charge is 0.516 e. The predicted molar refractivity (Wildman–Crippen MR) is 34.5 cm³/mol. The van der Waals surface area contributed by atoms with Crippen molar-refractivity contribution in [2.75, 3.05) is 0 Å². The van der Waals surface area contributed by atoms with Crippen LogP contribution in [0, 0.1) is 7.43 Å². The number of aliphatic hydroxyl groups is 1. The van der Waals surface area contributed by atoms with Crippen molar-refractivity contribution in [2.24, 2.45) is 0 Å². The molecule has 4 radical (unpaired) electrons. The summed E-state index contributed by atoms with van der Waals surface area (Å²) in [6.45, 7) is 2.13. The third kappa shape index (κ3) is 9.11. The maximum Gasteiger partial charge on any atom is 0.0751 e. The van der Waals surface area contributed by atoms with Crippen molar-refractivity contribution in [3.8, 4) is 0 Å². The second-order valence-electron chi connectivity index (χ2n) is 1.53. The second kappa shape index (κ2) is 9.74. The summed E-state index contributed by atoms with van der Waals surface area (Å²) in [5.74, 6) is 0. The van der Waals surface area contributed by atoms with Crippen LogP contribution in [0.15, 0.2) is 12.3 Å². The molecule has 0 heterocycles. The Hall–Kier alpha value is -0.460. The average Bonchev–Trinajstić information content (AvgIpc) is 1.69. The van der Waals surface area contributed by atoms with Gasteiger partial charge in [0.2, 0.25) is 0 Å². The Labute approximate surface area is 52.0 Å². The van der Waals surface area contributed by atoms with Crippen LogP contribution in [0.3, 0.4) is 0 Å². The van der Waals surface area contributed by atoms with E-state index in [1.54, 1.807) is 6.08 Å². The fraction of sp³-hybridized carbons (Fsp3) is 0.571. The molecule has 0 aromatic rings. The first-order valence-electron chi connectivity index (χ1n) is 2.71. The van der Waals surface area contributed by atoms with Crippen LogP contribution in [-0.4, -0.2) is 5.11 Å². The molecule has 0 aromatic heterocycles. The van der Waals surface area contributed by atoms with Gasteiger partial charge in [-0.1, -0.05) is 19.4 Å². The molecule has 46 valence electrons. The SMILES string of the molecule is CCCCC=CO.[C]. The number of aliphatic hydroxyl groups excluding tert-OH is 1. The van der Waals surface area contributed by atoms with Gasteiger partial charge in [0, 0.05) is 7.43 Å². The fourth-order valence-electron chi connectivity index (χ4n) is 0.397. The van der Waals surface area contributed by atoms with Gasteiger partial charge in [-0.05, 0) is 12.8 Å². The maximum atomic E-state index is 8.11. The smallest absolute Gasteiger partial charge is 0.0751 e. The Balaban J connectivity index is 0. The van der Waals surface area contributed by atoms with Crippen molar-refractivity contribution in [3.63, 3.8) is 0 Å². The third-order valence-corrected chi connectivity index (χ3v) is 0.830. The fourth-order valence-corrected chi connectivity index (χ4v) is 0.397. The van der Waals surface area contributed by atoms with Gasteiger partial charge < -0.3 is 5.11 Å². The van der Waals surface area contributed by atoms with Gasteiger partial charge in [-0.2, -0.15) is 0 Å². The first-order chi connectivity index (χ1) is 3.41. The van der Waals surface area contributed by atoms with E-state index in [0.29, 0.717) is 0 Å². The second-order valence-corrected chi connectivity index (χ2v) is 1.53. The molecular weight excluding hydrogens is 100 g/mol. The summed E-state index contributed by atoms with van der Waals surface area (Å²) in [4.78, 5) is 0. The topological polar surface area (TPSA) is 20.2 Å². The van der Waals surface area contributed by atoms with Gasteiger partial charge in [-0.25, -0.2) is 0 Å². The Morgan fingerprint density at radius 3 is 2.50 bits per heavy atom. The van der Waals surface area contributed by atoms with E-state index in [-0.39, 0.29) is 7.43 Å². The summed E-state index contributed by atoms with van der Waals surface area (Å²) in [5, 5.41) is 8.11. The third-order valence-electron chi connectivity index (χ3n) is 0.830. The van der Waals surface area contributed by atoms with Crippen LogP contribution >= 0.6 is 0 Å². The van der Waals surface area contributed by atoms with Crippen molar-refractivity contribution in [2.45, 2.75) is 26.2 Å². The zero-order chi connectivity index (χ0) is 5.54. The summed E-state index contributed by atoms with van der Waals surface area (Å²) >= 11 is 0. The highest BCUT2D eigenvalue weighted by Crippen LogP contribution is 1.92. The Kier molecular flexibility index (Phi) is 12.8. The van der Waals surface area contributed by atoms with Gasteiger partial charge in [-0.15, -0.1) is 0 Å². The molecule has 0 unspecified atom stereocenters. The minimum Gasteiger partial charge on any atom is -0.516 e. The van der Waals surface area contributed by atoms with E-state index >= 15 is 0 Å². The van der Waals surface area contributed by atoms with Crippen LogP contribution in [0.5, 0.6) is 0 Å². The van der Waals surface area contributed by atoms with Crippen molar-refractivity contribution in [1.82, 2.24) is 0 Å². The number of hydrogen-bond acceptors (Lipinski definition) is 1. The molecule has 0 atom stereocenters.